The number of fused-ring (bicyclic) bond motifs is 15. The van der Waals surface area contributed by atoms with Gasteiger partial charge in [-0.1, -0.05) is 138 Å². The lowest BCUT2D eigenvalue weighted by atomic mass is 9.43. The third-order valence-electron chi connectivity index (χ3n) is 12.7. The van der Waals surface area contributed by atoms with Gasteiger partial charge in [0.25, 0.3) is 0 Å². The summed E-state index contributed by atoms with van der Waals surface area (Å²) >= 11 is 0. The van der Waals surface area contributed by atoms with Gasteiger partial charge in [-0.05, 0) is 74.1 Å². The Morgan fingerprint density at radius 3 is 2.19 bits per heavy atom. The number of benzene rings is 7. The lowest BCUT2D eigenvalue weighted by Gasteiger charge is -2.43. The highest BCUT2D eigenvalue weighted by atomic mass is 16.3. The van der Waals surface area contributed by atoms with Crippen LogP contribution in [0, 0.1) is 0 Å². The van der Waals surface area contributed by atoms with E-state index in [0.717, 1.165) is 16.6 Å². The minimum Gasteiger partial charge on any atom is -0.455 e. The summed E-state index contributed by atoms with van der Waals surface area (Å²) in [4.78, 5) is 2.63. The number of anilines is 2. The molecule has 12 rings (SSSR count). The van der Waals surface area contributed by atoms with Gasteiger partial charge in [0.2, 0.25) is 0 Å². The second-order valence-corrected chi connectivity index (χ2v) is 16.9. The second kappa shape index (κ2) is 9.70. The molecule has 7 aromatic carbocycles. The summed E-state index contributed by atoms with van der Waals surface area (Å²) in [5, 5.41) is 6.11. The number of hydrogen-bond donors (Lipinski definition) is 0. The SMILES string of the molecule is CC(C)(C)c1ccc(N2B3c4c(cc5c(oc6ccccc65)c4-c4c2ccc2ccccc42)-n2c4c(c5cccc3c52)-c2ccccc2C4(C)C)cc1. The first-order valence-electron chi connectivity index (χ1n) is 18.9. The number of hydrogen-bond acceptors (Lipinski definition) is 2. The van der Waals surface area contributed by atoms with Crippen LogP contribution in [-0.2, 0) is 10.8 Å². The third-order valence-corrected chi connectivity index (χ3v) is 12.7. The largest absolute Gasteiger partial charge is 0.455 e. The fraction of sp³-hybridized carbons (Fsp3) is 0.143. The minimum atomic E-state index is -0.197. The number of para-hydroxylation sites is 2. The van der Waals surface area contributed by atoms with Crippen LogP contribution in [-0.4, -0.2) is 11.4 Å². The summed E-state index contributed by atoms with van der Waals surface area (Å²) in [6.45, 7) is 11.6. The van der Waals surface area contributed by atoms with Crippen LogP contribution in [0.3, 0.4) is 0 Å². The smallest absolute Gasteiger partial charge is 0.333 e. The molecule has 4 heterocycles. The average Bonchev–Trinajstić information content (AvgIpc) is 3.80. The molecule has 0 radical (unpaired) electrons. The molecule has 252 valence electrons. The van der Waals surface area contributed by atoms with Crippen molar-refractivity contribution in [2.45, 2.75) is 45.4 Å². The molecule has 2 aliphatic heterocycles. The van der Waals surface area contributed by atoms with Crippen molar-refractivity contribution in [1.29, 1.82) is 0 Å². The molecular weight excluding hydrogens is 643 g/mol. The molecule has 0 amide bonds. The first-order valence-corrected chi connectivity index (χ1v) is 18.9. The average molecular weight is 681 g/mol. The predicted molar refractivity (Wildman–Crippen MR) is 223 cm³/mol. The van der Waals surface area contributed by atoms with Crippen molar-refractivity contribution in [2.24, 2.45) is 0 Å². The standard InChI is InChI=1S/C49H37BN2O/c1-48(2,3)29-22-24-30(25-23-29)52-38-26-21-28-13-6-7-14-31(28)42(38)43-44-39(27-35-32-15-9-11-20-40(32)53-46(35)43)51-45-34(17-12-19-37(45)50(44)52)41-33-16-8-10-18-36(33)49(4,5)47(41)51/h6-27H,1-5H3. The Balaban J connectivity index is 1.31. The minimum absolute atomic E-state index is 0.0577. The molecule has 0 N–H and O–H groups in total. The fourth-order valence-corrected chi connectivity index (χ4v) is 10.3. The highest BCUT2D eigenvalue weighted by molar-refractivity contribution is 6.94. The Hall–Kier alpha value is -6.00. The van der Waals surface area contributed by atoms with Crippen molar-refractivity contribution in [3.8, 4) is 27.9 Å². The molecule has 4 heteroatoms. The zero-order valence-electron chi connectivity index (χ0n) is 30.6. The van der Waals surface area contributed by atoms with Gasteiger partial charge >= 0.3 is 6.85 Å². The van der Waals surface area contributed by atoms with Crippen LogP contribution >= 0.6 is 0 Å². The van der Waals surface area contributed by atoms with Gasteiger partial charge in [0.1, 0.15) is 11.2 Å². The van der Waals surface area contributed by atoms with Crippen molar-refractivity contribution >= 4 is 72.8 Å². The van der Waals surface area contributed by atoms with Crippen LogP contribution in [0.2, 0.25) is 0 Å². The van der Waals surface area contributed by atoms with E-state index < -0.39 is 0 Å². The second-order valence-electron chi connectivity index (χ2n) is 16.9. The zero-order chi connectivity index (χ0) is 35.5. The van der Waals surface area contributed by atoms with Crippen molar-refractivity contribution in [1.82, 2.24) is 4.57 Å². The molecule has 0 saturated carbocycles. The number of nitrogens with zero attached hydrogens (tertiary/aromatic N) is 2. The van der Waals surface area contributed by atoms with E-state index in [1.165, 1.54) is 94.1 Å². The summed E-state index contributed by atoms with van der Waals surface area (Å²) in [6, 6.07) is 50.0. The summed E-state index contributed by atoms with van der Waals surface area (Å²) in [7, 11) is 0. The lowest BCUT2D eigenvalue weighted by Crippen LogP contribution is -2.60. The molecule has 0 unspecified atom stereocenters. The monoisotopic (exact) mass is 680 g/mol. The van der Waals surface area contributed by atoms with Crippen molar-refractivity contribution in [3.63, 3.8) is 0 Å². The molecule has 0 atom stereocenters. The zero-order valence-corrected chi connectivity index (χ0v) is 30.6. The molecule has 53 heavy (non-hydrogen) atoms. The quantitative estimate of drug-likeness (QED) is 0.161. The maximum absolute atomic E-state index is 7.02. The molecule has 0 saturated heterocycles. The molecular formula is C49H37BN2O. The van der Waals surface area contributed by atoms with E-state index in [1.54, 1.807) is 0 Å². The molecule has 3 nitrogen and oxygen atoms in total. The maximum Gasteiger partial charge on any atom is 0.333 e. The van der Waals surface area contributed by atoms with Crippen LogP contribution < -0.4 is 15.7 Å². The lowest BCUT2D eigenvalue weighted by molar-refractivity contribution is 0.590. The van der Waals surface area contributed by atoms with Crippen LogP contribution in [0.1, 0.15) is 51.4 Å². The number of aromatic nitrogens is 1. The van der Waals surface area contributed by atoms with Gasteiger partial charge in [-0.3, -0.25) is 0 Å². The van der Waals surface area contributed by atoms with Crippen molar-refractivity contribution < 1.29 is 4.42 Å². The first-order chi connectivity index (χ1) is 25.7. The Morgan fingerprint density at radius 2 is 1.36 bits per heavy atom. The van der Waals surface area contributed by atoms with E-state index >= 15 is 0 Å². The molecule has 3 aliphatic rings. The first kappa shape index (κ1) is 29.6. The summed E-state index contributed by atoms with van der Waals surface area (Å²) in [5.74, 6) is 0. The van der Waals surface area contributed by atoms with E-state index in [-0.39, 0.29) is 17.7 Å². The summed E-state index contributed by atoms with van der Waals surface area (Å²) in [5.41, 5.74) is 18.6. The predicted octanol–water partition coefficient (Wildman–Crippen LogP) is 11.5. The highest BCUT2D eigenvalue weighted by Gasteiger charge is 2.49. The van der Waals surface area contributed by atoms with Gasteiger partial charge in [0.05, 0.1) is 5.52 Å². The van der Waals surface area contributed by atoms with E-state index in [0.29, 0.717) is 0 Å². The van der Waals surface area contributed by atoms with Crippen LogP contribution in [0.4, 0.5) is 11.4 Å². The molecule has 0 spiro atoms. The normalized spacial score (nSPS) is 15.0. The molecule has 9 aromatic rings. The molecule has 0 fully saturated rings. The molecule has 0 bridgehead atoms. The topological polar surface area (TPSA) is 21.3 Å². The van der Waals surface area contributed by atoms with Crippen molar-refractivity contribution in [3.05, 3.63) is 150 Å². The van der Waals surface area contributed by atoms with E-state index in [9.17, 15) is 0 Å². The molecule has 2 aromatic heterocycles. The number of rotatable bonds is 1. The van der Waals surface area contributed by atoms with Gasteiger partial charge in [-0.25, -0.2) is 0 Å². The van der Waals surface area contributed by atoms with Gasteiger partial charge in [-0.15, -0.1) is 0 Å². The number of furan rings is 1. The van der Waals surface area contributed by atoms with Gasteiger partial charge in [0, 0.05) is 61.0 Å². The van der Waals surface area contributed by atoms with Gasteiger partial charge in [-0.2, -0.15) is 0 Å². The van der Waals surface area contributed by atoms with Gasteiger partial charge < -0.3 is 13.8 Å². The van der Waals surface area contributed by atoms with E-state index in [2.05, 4.69) is 177 Å². The Labute approximate surface area is 309 Å². The van der Waals surface area contributed by atoms with Crippen LogP contribution in [0.5, 0.6) is 0 Å². The van der Waals surface area contributed by atoms with E-state index in [1.807, 2.05) is 0 Å². The molecule has 1 aliphatic carbocycles. The Morgan fingerprint density at radius 1 is 0.623 bits per heavy atom. The highest BCUT2D eigenvalue weighted by Crippen LogP contribution is 2.56. The third kappa shape index (κ3) is 3.57. The van der Waals surface area contributed by atoms with Gasteiger partial charge in [0.15, 0.2) is 0 Å². The van der Waals surface area contributed by atoms with Crippen LogP contribution in [0.25, 0.3) is 71.6 Å². The van der Waals surface area contributed by atoms with Crippen molar-refractivity contribution in [2.75, 3.05) is 4.81 Å². The van der Waals surface area contributed by atoms with Crippen LogP contribution in [0.15, 0.2) is 138 Å². The summed E-state index contributed by atoms with van der Waals surface area (Å²) < 4.78 is 9.68. The summed E-state index contributed by atoms with van der Waals surface area (Å²) in [6.07, 6.45) is 0. The fourth-order valence-electron chi connectivity index (χ4n) is 10.3. The maximum atomic E-state index is 7.02. The van der Waals surface area contributed by atoms with E-state index in [4.69, 9.17) is 4.42 Å². The Bertz CT molecular complexity index is 3080. The Kier molecular flexibility index (Phi) is 5.41.